The molecule has 7 heteroatoms. The van der Waals surface area contributed by atoms with E-state index in [1.807, 2.05) is 0 Å². The van der Waals surface area contributed by atoms with Crippen LogP contribution in [0.3, 0.4) is 0 Å². The number of alkyl halides is 6. The zero-order chi connectivity index (χ0) is 13.8. The second-order valence-electron chi connectivity index (χ2n) is 3.39. The normalized spacial score (nSPS) is 17.4. The molecule has 0 spiro atoms. The van der Waals surface area contributed by atoms with Crippen LogP contribution in [0.5, 0.6) is 0 Å². The van der Waals surface area contributed by atoms with Crippen LogP contribution in [-0.4, -0.2) is 12.4 Å². The number of halogens is 6. The molecule has 2 aliphatic carbocycles. The van der Waals surface area contributed by atoms with Gasteiger partial charge in [-0.05, 0) is 0 Å². The van der Waals surface area contributed by atoms with Crippen LogP contribution < -0.4 is 0 Å². The summed E-state index contributed by atoms with van der Waals surface area (Å²) in [5.74, 6) is 0. The predicted octanol–water partition coefficient (Wildman–Crippen LogP) is 4.70. The molecule has 19 heavy (non-hydrogen) atoms. The summed E-state index contributed by atoms with van der Waals surface area (Å²) in [6, 6.07) is 0. The molecule has 0 heterocycles. The molecule has 106 valence electrons. The van der Waals surface area contributed by atoms with Crippen LogP contribution in [0.15, 0.2) is 35.5 Å². The minimum absolute atomic E-state index is 0. The van der Waals surface area contributed by atoms with Crippen LogP contribution in [0.1, 0.15) is 15.7 Å². The van der Waals surface area contributed by atoms with Gasteiger partial charge in [-0.25, -0.2) is 12.2 Å². The maximum atomic E-state index is 11.6. The number of rotatable bonds is 0. The maximum absolute atomic E-state index is 11.6. The summed E-state index contributed by atoms with van der Waals surface area (Å²) in [5.41, 5.74) is -1.30. The summed E-state index contributed by atoms with van der Waals surface area (Å²) in [4.78, 5) is 0. The molecule has 0 aromatic rings. The molecule has 2 aliphatic rings. The molecule has 0 radical (unpaired) electrons. The van der Waals surface area contributed by atoms with E-state index in [1.165, 1.54) is 12.2 Å². The maximum Gasteiger partial charge on any atom is 2.00 e. The van der Waals surface area contributed by atoms with E-state index in [2.05, 4.69) is 12.2 Å². The summed E-state index contributed by atoms with van der Waals surface area (Å²) < 4.78 is 69.7. The Balaban J connectivity index is -0.000000270. The van der Waals surface area contributed by atoms with Gasteiger partial charge in [0.25, 0.3) is 0 Å². The molecule has 0 N–H and O–H groups in total. The summed E-state index contributed by atoms with van der Waals surface area (Å²) in [7, 11) is 0. The van der Waals surface area contributed by atoms with E-state index in [1.54, 1.807) is 0 Å². The van der Waals surface area contributed by atoms with Crippen LogP contribution >= 0.6 is 0 Å². The first-order valence-electron chi connectivity index (χ1n) is 4.90. The summed E-state index contributed by atoms with van der Waals surface area (Å²) >= 11 is 0. The zero-order valence-electron chi connectivity index (χ0n) is 11.5. The van der Waals surface area contributed by atoms with Crippen LogP contribution in [0.2, 0.25) is 0 Å². The van der Waals surface area contributed by atoms with E-state index in [-0.39, 0.29) is 37.4 Å². The Hall–Kier alpha value is -0.746. The van der Waals surface area contributed by atoms with E-state index in [0.29, 0.717) is 0 Å². The van der Waals surface area contributed by atoms with Crippen molar-refractivity contribution in [1.29, 1.82) is 0 Å². The zero-order valence-corrected chi connectivity index (χ0v) is 11.1. The van der Waals surface area contributed by atoms with E-state index < -0.39 is 23.5 Å². The van der Waals surface area contributed by atoms with Gasteiger partial charge in [-0.3, -0.25) is 12.2 Å². The first kappa shape index (κ1) is 18.3. The van der Waals surface area contributed by atoms with E-state index in [9.17, 15) is 26.3 Å². The molecule has 0 aliphatic heterocycles. The van der Waals surface area contributed by atoms with Crippen molar-refractivity contribution in [3.05, 3.63) is 47.6 Å². The predicted molar refractivity (Wildman–Crippen MR) is 55.4 cm³/mol. The second kappa shape index (κ2) is 7.15. The fraction of sp³-hybridized carbons (Fsp3) is 0.333. The summed E-state index contributed by atoms with van der Waals surface area (Å²) in [6.07, 6.45) is 1.47. The van der Waals surface area contributed by atoms with Gasteiger partial charge in [-0.15, -0.1) is 24.0 Å². The van der Waals surface area contributed by atoms with Crippen molar-refractivity contribution in [1.82, 2.24) is 0 Å². The number of allylic oxidation sites excluding steroid dienone is 8. The topological polar surface area (TPSA) is 0 Å². The van der Waals surface area contributed by atoms with Gasteiger partial charge in [0.05, 0.1) is 0 Å². The van der Waals surface area contributed by atoms with Gasteiger partial charge >= 0.3 is 34.1 Å². The summed E-state index contributed by atoms with van der Waals surface area (Å²) in [5, 5.41) is 0. The van der Waals surface area contributed by atoms with Gasteiger partial charge < -0.3 is 2.85 Å². The molecular formula is C12H10F6Ti-2. The Morgan fingerprint density at radius 3 is 1.21 bits per heavy atom. The Labute approximate surface area is 124 Å². The molecule has 0 saturated carbocycles. The Morgan fingerprint density at radius 1 is 0.789 bits per heavy atom. The van der Waals surface area contributed by atoms with Crippen LogP contribution in [0.25, 0.3) is 0 Å². The van der Waals surface area contributed by atoms with Crippen LogP contribution in [-0.2, 0) is 21.7 Å². The van der Waals surface area contributed by atoms with Crippen molar-refractivity contribution >= 4 is 0 Å². The van der Waals surface area contributed by atoms with Crippen LogP contribution in [0.4, 0.5) is 26.3 Å². The van der Waals surface area contributed by atoms with Crippen LogP contribution in [0, 0.1) is 12.2 Å². The molecule has 0 nitrogen and oxygen atoms in total. The van der Waals surface area contributed by atoms with Crippen molar-refractivity contribution in [3.8, 4) is 0 Å². The molecule has 0 amide bonds. The SMILES string of the molecule is FC(F)(F)C1=[C-]CC=C1.FC(F)(F)C1=[C-]CC=C1.[H-].[H-].[Ti+2]. The molecule has 0 atom stereocenters. The Bertz CT molecular complexity index is 378. The Morgan fingerprint density at radius 2 is 1.11 bits per heavy atom. The fourth-order valence-corrected chi connectivity index (χ4v) is 1.20. The molecule has 2 rings (SSSR count). The summed E-state index contributed by atoms with van der Waals surface area (Å²) in [6.45, 7) is 0. The molecule has 0 aromatic carbocycles. The number of hydrogen-bond donors (Lipinski definition) is 0. The van der Waals surface area contributed by atoms with Gasteiger partial charge in [0.1, 0.15) is 0 Å². The minimum atomic E-state index is -4.20. The monoisotopic (exact) mass is 316 g/mol. The van der Waals surface area contributed by atoms with Crippen molar-refractivity contribution in [2.45, 2.75) is 25.2 Å². The number of hydrogen-bond acceptors (Lipinski definition) is 0. The quantitative estimate of drug-likeness (QED) is 0.345. The van der Waals surface area contributed by atoms with Crippen molar-refractivity contribution < 1.29 is 50.9 Å². The average Bonchev–Trinajstić information content (AvgIpc) is 2.91. The fourth-order valence-electron chi connectivity index (χ4n) is 1.20. The largest absolute Gasteiger partial charge is 2.00 e. The van der Waals surface area contributed by atoms with Gasteiger partial charge in [-0.1, -0.05) is 0 Å². The standard InChI is InChI=1S/2C6H4F3.Ti.2H/c2*7-6(8,9)5-3-1-2-4-5;;;/h2*1,3H,2H2;;;/q2*-1;+2;2*-1. The minimum Gasteiger partial charge on any atom is -1.00 e. The molecule has 0 aromatic heterocycles. The van der Waals surface area contributed by atoms with E-state index in [0.717, 1.165) is 12.2 Å². The van der Waals surface area contributed by atoms with Gasteiger partial charge in [0.15, 0.2) is 0 Å². The molecule has 0 fully saturated rings. The molecule has 0 saturated heterocycles. The molecule has 0 unspecified atom stereocenters. The van der Waals surface area contributed by atoms with Gasteiger partial charge in [0, 0.05) is 0 Å². The first-order chi connectivity index (χ1) is 8.21. The van der Waals surface area contributed by atoms with E-state index >= 15 is 0 Å². The first-order valence-corrected chi connectivity index (χ1v) is 4.90. The third-order valence-corrected chi connectivity index (χ3v) is 2.00. The molecule has 0 bridgehead atoms. The van der Waals surface area contributed by atoms with Gasteiger partial charge in [-0.2, -0.15) is 38.5 Å². The van der Waals surface area contributed by atoms with Gasteiger partial charge in [0.2, 0.25) is 0 Å². The second-order valence-corrected chi connectivity index (χ2v) is 3.39. The third-order valence-electron chi connectivity index (χ3n) is 2.00. The van der Waals surface area contributed by atoms with Crippen molar-refractivity contribution in [2.75, 3.05) is 0 Å². The Kier molecular flexibility index (Phi) is 6.87. The van der Waals surface area contributed by atoms with E-state index in [4.69, 9.17) is 0 Å². The molecular weight excluding hydrogens is 306 g/mol. The average molecular weight is 316 g/mol. The third kappa shape index (κ3) is 6.30. The smallest absolute Gasteiger partial charge is 1.00 e. The van der Waals surface area contributed by atoms with Crippen molar-refractivity contribution in [3.63, 3.8) is 0 Å². The van der Waals surface area contributed by atoms with Crippen molar-refractivity contribution in [2.24, 2.45) is 0 Å².